The fourth-order valence-electron chi connectivity index (χ4n) is 2.84. The second-order valence-corrected chi connectivity index (χ2v) is 6.82. The highest BCUT2D eigenvalue weighted by Crippen LogP contribution is 2.23. The Kier molecular flexibility index (Phi) is 8.22. The van der Waals surface area contributed by atoms with Crippen molar-refractivity contribution < 1.29 is 28.8 Å². The third-order valence-corrected chi connectivity index (χ3v) is 4.43. The molecular formula is C24H20N4O7. The SMILES string of the molecule is CCOc1ccccc1NC(=O)C(=O)NN=Cc1ccc(OC(=O)c2ccccc2[N+](=O)[O-])cc1. The van der Waals surface area contributed by atoms with E-state index in [1.807, 2.05) is 0 Å². The van der Waals surface area contributed by atoms with Gasteiger partial charge in [-0.15, -0.1) is 0 Å². The van der Waals surface area contributed by atoms with Crippen molar-refractivity contribution in [3.63, 3.8) is 0 Å². The summed E-state index contributed by atoms with van der Waals surface area (Å²) in [5.41, 5.74) is 2.46. The summed E-state index contributed by atoms with van der Waals surface area (Å²) in [6.07, 6.45) is 1.28. The topological polar surface area (TPSA) is 149 Å². The summed E-state index contributed by atoms with van der Waals surface area (Å²) in [6.45, 7) is 2.19. The van der Waals surface area contributed by atoms with E-state index in [9.17, 15) is 24.5 Å². The van der Waals surface area contributed by atoms with Crippen LogP contribution in [0.1, 0.15) is 22.8 Å². The zero-order chi connectivity index (χ0) is 25.2. The van der Waals surface area contributed by atoms with E-state index in [0.717, 1.165) is 0 Å². The number of hydrogen-bond acceptors (Lipinski definition) is 8. The summed E-state index contributed by atoms with van der Waals surface area (Å²) in [5.74, 6) is -2.19. The van der Waals surface area contributed by atoms with Gasteiger partial charge in [-0.3, -0.25) is 19.7 Å². The van der Waals surface area contributed by atoms with Gasteiger partial charge in [-0.2, -0.15) is 5.10 Å². The molecule has 0 aliphatic carbocycles. The number of amides is 2. The zero-order valence-electron chi connectivity index (χ0n) is 18.5. The molecule has 0 radical (unpaired) electrons. The van der Waals surface area contributed by atoms with Crippen LogP contribution in [0.15, 0.2) is 77.9 Å². The molecule has 0 saturated carbocycles. The number of hydrazone groups is 1. The number of carbonyl (C=O) groups excluding carboxylic acids is 3. The number of anilines is 1. The van der Waals surface area contributed by atoms with Crippen molar-refractivity contribution in [3.8, 4) is 11.5 Å². The van der Waals surface area contributed by atoms with Crippen LogP contribution in [0.2, 0.25) is 0 Å². The number of para-hydroxylation sites is 3. The monoisotopic (exact) mass is 476 g/mol. The molecule has 0 heterocycles. The molecule has 0 atom stereocenters. The van der Waals surface area contributed by atoms with Gasteiger partial charge in [0.1, 0.15) is 17.1 Å². The zero-order valence-corrected chi connectivity index (χ0v) is 18.5. The van der Waals surface area contributed by atoms with E-state index in [0.29, 0.717) is 23.6 Å². The predicted octanol–water partition coefficient (Wildman–Crippen LogP) is 3.30. The summed E-state index contributed by atoms with van der Waals surface area (Å²) in [4.78, 5) is 46.8. The van der Waals surface area contributed by atoms with Crippen LogP contribution in [-0.2, 0) is 9.59 Å². The lowest BCUT2D eigenvalue weighted by Crippen LogP contribution is -2.32. The highest BCUT2D eigenvalue weighted by Gasteiger charge is 2.21. The molecule has 2 N–H and O–H groups in total. The molecule has 11 nitrogen and oxygen atoms in total. The van der Waals surface area contributed by atoms with Gasteiger partial charge >= 0.3 is 17.8 Å². The number of nitro benzene ring substituents is 1. The van der Waals surface area contributed by atoms with Gasteiger partial charge < -0.3 is 14.8 Å². The van der Waals surface area contributed by atoms with Gasteiger partial charge in [-0.05, 0) is 55.0 Å². The summed E-state index contributed by atoms with van der Waals surface area (Å²) >= 11 is 0. The highest BCUT2D eigenvalue weighted by atomic mass is 16.6. The van der Waals surface area contributed by atoms with E-state index in [-0.39, 0.29) is 17.0 Å². The number of nitrogens with one attached hydrogen (secondary N) is 2. The minimum Gasteiger partial charge on any atom is -0.492 e. The van der Waals surface area contributed by atoms with Crippen molar-refractivity contribution in [2.45, 2.75) is 6.92 Å². The van der Waals surface area contributed by atoms with Gasteiger partial charge in [0.15, 0.2) is 0 Å². The Morgan fingerprint density at radius 2 is 1.66 bits per heavy atom. The van der Waals surface area contributed by atoms with Crippen LogP contribution in [0.4, 0.5) is 11.4 Å². The van der Waals surface area contributed by atoms with E-state index >= 15 is 0 Å². The maximum atomic E-state index is 12.3. The van der Waals surface area contributed by atoms with Crippen LogP contribution in [-0.4, -0.2) is 35.5 Å². The smallest absolute Gasteiger partial charge is 0.350 e. The summed E-state index contributed by atoms with van der Waals surface area (Å²) in [6, 6.07) is 18.1. The van der Waals surface area contributed by atoms with Crippen LogP contribution >= 0.6 is 0 Å². The summed E-state index contributed by atoms with van der Waals surface area (Å²) < 4.78 is 10.6. The minimum atomic E-state index is -0.984. The number of ether oxygens (including phenoxy) is 2. The summed E-state index contributed by atoms with van der Waals surface area (Å²) in [5, 5.41) is 17.3. The lowest BCUT2D eigenvalue weighted by Gasteiger charge is -2.10. The van der Waals surface area contributed by atoms with Crippen molar-refractivity contribution in [1.82, 2.24) is 5.43 Å². The molecule has 3 aromatic carbocycles. The Hall–Kier alpha value is -5.06. The van der Waals surface area contributed by atoms with Gasteiger partial charge in [0.2, 0.25) is 0 Å². The van der Waals surface area contributed by atoms with E-state index in [1.54, 1.807) is 31.2 Å². The molecule has 2 amide bonds. The number of nitrogens with zero attached hydrogens (tertiary/aromatic N) is 2. The molecule has 178 valence electrons. The number of rotatable bonds is 8. The number of benzene rings is 3. The Bertz CT molecular complexity index is 1270. The van der Waals surface area contributed by atoms with E-state index in [4.69, 9.17) is 9.47 Å². The predicted molar refractivity (Wildman–Crippen MR) is 126 cm³/mol. The Morgan fingerprint density at radius 1 is 0.971 bits per heavy atom. The van der Waals surface area contributed by atoms with E-state index in [1.165, 1.54) is 54.7 Å². The minimum absolute atomic E-state index is 0.154. The van der Waals surface area contributed by atoms with Crippen molar-refractivity contribution >= 4 is 35.4 Å². The van der Waals surface area contributed by atoms with Gasteiger partial charge in [0.25, 0.3) is 5.69 Å². The Morgan fingerprint density at radius 3 is 2.37 bits per heavy atom. The van der Waals surface area contributed by atoms with Crippen molar-refractivity contribution in [2.75, 3.05) is 11.9 Å². The van der Waals surface area contributed by atoms with Gasteiger partial charge in [0, 0.05) is 6.07 Å². The average Bonchev–Trinajstić information content (AvgIpc) is 2.86. The molecule has 0 aromatic heterocycles. The average molecular weight is 476 g/mol. The quantitative estimate of drug-likeness (QED) is 0.126. The molecule has 3 rings (SSSR count). The lowest BCUT2D eigenvalue weighted by atomic mass is 10.2. The van der Waals surface area contributed by atoms with Gasteiger partial charge in [-0.25, -0.2) is 10.2 Å². The fraction of sp³-hybridized carbons (Fsp3) is 0.0833. The van der Waals surface area contributed by atoms with Crippen LogP contribution < -0.4 is 20.2 Å². The Labute approximate surface area is 199 Å². The molecule has 0 fully saturated rings. The molecular weight excluding hydrogens is 456 g/mol. The van der Waals surface area contributed by atoms with Crippen LogP contribution in [0.5, 0.6) is 11.5 Å². The summed E-state index contributed by atoms with van der Waals surface area (Å²) in [7, 11) is 0. The molecule has 0 spiro atoms. The number of hydrogen-bond donors (Lipinski definition) is 2. The maximum Gasteiger partial charge on any atom is 0.350 e. The van der Waals surface area contributed by atoms with Crippen LogP contribution in [0.25, 0.3) is 0 Å². The van der Waals surface area contributed by atoms with Crippen molar-refractivity contribution in [3.05, 3.63) is 94.0 Å². The normalized spacial score (nSPS) is 10.4. The van der Waals surface area contributed by atoms with E-state index in [2.05, 4.69) is 15.8 Å². The standard InChI is InChI=1S/C24H20N4O7/c1-2-34-21-10-6-4-8-19(21)26-22(29)23(30)27-25-15-16-11-13-17(14-12-16)35-24(31)18-7-3-5-9-20(18)28(32)33/h3-15H,2H2,1H3,(H,26,29)(H,27,30). The molecule has 0 aliphatic heterocycles. The molecule has 3 aromatic rings. The molecule has 0 aliphatic rings. The molecule has 0 unspecified atom stereocenters. The van der Waals surface area contributed by atoms with Crippen molar-refractivity contribution in [1.29, 1.82) is 0 Å². The third-order valence-electron chi connectivity index (χ3n) is 4.43. The lowest BCUT2D eigenvalue weighted by molar-refractivity contribution is -0.385. The Balaban J connectivity index is 1.55. The first kappa shape index (κ1) is 24.6. The first-order chi connectivity index (χ1) is 16.9. The second kappa shape index (κ2) is 11.7. The maximum absolute atomic E-state index is 12.3. The van der Waals surface area contributed by atoms with Crippen LogP contribution in [0.3, 0.4) is 0 Å². The fourth-order valence-corrected chi connectivity index (χ4v) is 2.84. The molecule has 0 saturated heterocycles. The molecule has 35 heavy (non-hydrogen) atoms. The number of nitro groups is 1. The third kappa shape index (κ3) is 6.71. The van der Waals surface area contributed by atoms with Crippen molar-refractivity contribution in [2.24, 2.45) is 5.10 Å². The van der Waals surface area contributed by atoms with Gasteiger partial charge in [0.05, 0.1) is 23.4 Å². The molecule has 11 heteroatoms. The van der Waals surface area contributed by atoms with E-state index < -0.39 is 22.7 Å². The largest absolute Gasteiger partial charge is 0.492 e. The van der Waals surface area contributed by atoms with Crippen LogP contribution in [0, 0.1) is 10.1 Å². The molecule has 0 bridgehead atoms. The first-order valence-corrected chi connectivity index (χ1v) is 10.3. The first-order valence-electron chi connectivity index (χ1n) is 10.3. The number of esters is 1. The number of carbonyl (C=O) groups is 3. The second-order valence-electron chi connectivity index (χ2n) is 6.82. The van der Waals surface area contributed by atoms with Gasteiger partial charge in [-0.1, -0.05) is 24.3 Å². The highest BCUT2D eigenvalue weighted by molar-refractivity contribution is 6.39.